The van der Waals surface area contributed by atoms with E-state index < -0.39 is 0 Å². The summed E-state index contributed by atoms with van der Waals surface area (Å²) in [6.45, 7) is 2.02. The Morgan fingerprint density at radius 2 is 2.00 bits per heavy atom. The fraction of sp³-hybridized carbons (Fsp3) is 0.308. The minimum absolute atomic E-state index is 0.141. The van der Waals surface area contributed by atoms with Gasteiger partial charge in [0.05, 0.1) is 23.0 Å². The molecule has 2 aromatic rings. The standard InChI is InChI=1S/C13H13BrN4OS/c14-9-5-11(20-8-9)12(19)17-10-6-15-13(16-7-10)18-3-1-2-4-18/h5-8H,1-4H2,(H,17,19). The molecule has 0 unspecified atom stereocenters. The van der Waals surface area contributed by atoms with Crippen LogP contribution in [0.3, 0.4) is 0 Å². The Kier molecular flexibility index (Phi) is 3.98. The average molecular weight is 353 g/mol. The highest BCUT2D eigenvalue weighted by Crippen LogP contribution is 2.21. The van der Waals surface area contributed by atoms with Crippen molar-refractivity contribution >= 4 is 44.8 Å². The van der Waals surface area contributed by atoms with Crippen molar-refractivity contribution in [2.24, 2.45) is 0 Å². The summed E-state index contributed by atoms with van der Waals surface area (Å²) in [7, 11) is 0. The van der Waals surface area contributed by atoms with Crippen molar-refractivity contribution < 1.29 is 4.79 Å². The highest BCUT2D eigenvalue weighted by molar-refractivity contribution is 9.10. The van der Waals surface area contributed by atoms with Gasteiger partial charge in [-0.1, -0.05) is 0 Å². The third kappa shape index (κ3) is 2.99. The lowest BCUT2D eigenvalue weighted by Gasteiger charge is -2.14. The number of anilines is 2. The zero-order valence-corrected chi connectivity index (χ0v) is 13.1. The minimum Gasteiger partial charge on any atom is -0.341 e. The summed E-state index contributed by atoms with van der Waals surface area (Å²) in [5.41, 5.74) is 0.613. The molecule has 0 radical (unpaired) electrons. The number of nitrogens with zero attached hydrogens (tertiary/aromatic N) is 3. The number of rotatable bonds is 3. The van der Waals surface area contributed by atoms with Crippen molar-refractivity contribution in [3.8, 4) is 0 Å². The fourth-order valence-electron chi connectivity index (χ4n) is 2.09. The molecule has 0 saturated carbocycles. The Hall–Kier alpha value is -1.47. The van der Waals surface area contributed by atoms with Gasteiger partial charge >= 0.3 is 0 Å². The van der Waals surface area contributed by atoms with Gasteiger partial charge in [-0.15, -0.1) is 11.3 Å². The molecule has 5 nitrogen and oxygen atoms in total. The number of carbonyl (C=O) groups excluding carboxylic acids is 1. The van der Waals surface area contributed by atoms with Gasteiger partial charge in [0.2, 0.25) is 5.95 Å². The van der Waals surface area contributed by atoms with Crippen molar-refractivity contribution in [3.63, 3.8) is 0 Å². The summed E-state index contributed by atoms with van der Waals surface area (Å²) in [5, 5.41) is 4.67. The number of carbonyl (C=O) groups is 1. The summed E-state index contributed by atoms with van der Waals surface area (Å²) < 4.78 is 0.910. The zero-order valence-electron chi connectivity index (χ0n) is 10.7. The second-order valence-corrected chi connectivity index (χ2v) is 6.38. The summed E-state index contributed by atoms with van der Waals surface area (Å²) >= 11 is 4.73. The Morgan fingerprint density at radius 3 is 2.60 bits per heavy atom. The van der Waals surface area contributed by atoms with Gasteiger partial charge in [-0.3, -0.25) is 4.79 Å². The van der Waals surface area contributed by atoms with Crippen molar-refractivity contribution in [1.29, 1.82) is 0 Å². The van der Waals surface area contributed by atoms with Crippen LogP contribution >= 0.6 is 27.3 Å². The van der Waals surface area contributed by atoms with Gasteiger partial charge in [-0.2, -0.15) is 0 Å². The molecule has 1 N–H and O–H groups in total. The van der Waals surface area contributed by atoms with Gasteiger partial charge in [0.1, 0.15) is 0 Å². The van der Waals surface area contributed by atoms with Crippen LogP contribution in [0.2, 0.25) is 0 Å². The molecule has 3 rings (SSSR count). The number of hydrogen-bond acceptors (Lipinski definition) is 5. The summed E-state index contributed by atoms with van der Waals surface area (Å²) in [4.78, 5) is 23.4. The van der Waals surface area contributed by atoms with E-state index >= 15 is 0 Å². The largest absolute Gasteiger partial charge is 0.341 e. The molecule has 1 aliphatic rings. The topological polar surface area (TPSA) is 58.1 Å². The molecule has 0 aromatic carbocycles. The van der Waals surface area contributed by atoms with Gasteiger partial charge in [0, 0.05) is 22.9 Å². The Bertz CT molecular complexity index is 607. The first-order chi connectivity index (χ1) is 9.72. The maximum Gasteiger partial charge on any atom is 0.265 e. The van der Waals surface area contributed by atoms with Gasteiger partial charge in [0.15, 0.2) is 0 Å². The molecule has 1 amide bonds. The maximum absolute atomic E-state index is 12.0. The van der Waals surface area contributed by atoms with Crippen LogP contribution in [0.4, 0.5) is 11.6 Å². The maximum atomic E-state index is 12.0. The molecule has 2 aromatic heterocycles. The predicted octanol–water partition coefficient (Wildman–Crippen LogP) is 3.15. The highest BCUT2D eigenvalue weighted by atomic mass is 79.9. The molecule has 3 heterocycles. The van der Waals surface area contributed by atoms with Crippen LogP contribution in [0.5, 0.6) is 0 Å². The highest BCUT2D eigenvalue weighted by Gasteiger charge is 2.15. The minimum atomic E-state index is -0.141. The van der Waals surface area contributed by atoms with Crippen LogP contribution in [-0.2, 0) is 0 Å². The van der Waals surface area contributed by atoms with Gasteiger partial charge in [-0.25, -0.2) is 9.97 Å². The van der Waals surface area contributed by atoms with Crippen molar-refractivity contribution in [2.75, 3.05) is 23.3 Å². The predicted molar refractivity (Wildman–Crippen MR) is 83.5 cm³/mol. The quantitative estimate of drug-likeness (QED) is 0.921. The first-order valence-corrected chi connectivity index (χ1v) is 8.02. The second kappa shape index (κ2) is 5.88. The molecule has 1 aliphatic heterocycles. The molecule has 1 fully saturated rings. The number of aromatic nitrogens is 2. The fourth-order valence-corrected chi connectivity index (χ4v) is 3.41. The summed E-state index contributed by atoms with van der Waals surface area (Å²) in [6.07, 6.45) is 5.69. The van der Waals surface area contributed by atoms with Crippen molar-refractivity contribution in [1.82, 2.24) is 9.97 Å². The van der Waals surface area contributed by atoms with E-state index in [0.29, 0.717) is 10.6 Å². The van der Waals surface area contributed by atoms with Crippen LogP contribution in [0, 0.1) is 0 Å². The Balaban J connectivity index is 1.67. The molecule has 20 heavy (non-hydrogen) atoms. The SMILES string of the molecule is O=C(Nc1cnc(N2CCCC2)nc1)c1cc(Br)cs1. The molecule has 104 valence electrons. The third-order valence-electron chi connectivity index (χ3n) is 3.08. The number of nitrogens with one attached hydrogen (secondary N) is 1. The normalized spacial score (nSPS) is 14.6. The number of halogens is 1. The van der Waals surface area contributed by atoms with E-state index in [-0.39, 0.29) is 5.91 Å². The van der Waals surface area contributed by atoms with Gasteiger partial charge in [-0.05, 0) is 34.8 Å². The van der Waals surface area contributed by atoms with E-state index in [1.165, 1.54) is 24.2 Å². The summed E-state index contributed by atoms with van der Waals surface area (Å²) in [6, 6.07) is 1.79. The number of amides is 1. The lowest BCUT2D eigenvalue weighted by Crippen LogP contribution is -2.20. The Labute approximate surface area is 129 Å². The van der Waals surface area contributed by atoms with E-state index in [0.717, 1.165) is 23.5 Å². The molecule has 0 bridgehead atoms. The van der Waals surface area contributed by atoms with E-state index in [1.54, 1.807) is 18.5 Å². The van der Waals surface area contributed by atoms with Crippen LogP contribution in [0.1, 0.15) is 22.5 Å². The van der Waals surface area contributed by atoms with E-state index in [1.807, 2.05) is 5.38 Å². The van der Waals surface area contributed by atoms with Crippen LogP contribution in [0.15, 0.2) is 28.3 Å². The third-order valence-corrected chi connectivity index (χ3v) is 4.77. The monoisotopic (exact) mass is 352 g/mol. The van der Waals surface area contributed by atoms with Crippen LogP contribution in [-0.4, -0.2) is 29.0 Å². The van der Waals surface area contributed by atoms with Crippen molar-refractivity contribution in [2.45, 2.75) is 12.8 Å². The molecular weight excluding hydrogens is 340 g/mol. The van der Waals surface area contributed by atoms with Crippen LogP contribution in [0.25, 0.3) is 0 Å². The van der Waals surface area contributed by atoms with E-state index in [9.17, 15) is 4.79 Å². The average Bonchev–Trinajstić information content (AvgIpc) is 3.10. The van der Waals surface area contributed by atoms with E-state index in [4.69, 9.17) is 0 Å². The lowest BCUT2D eigenvalue weighted by molar-refractivity contribution is 0.103. The molecule has 0 aliphatic carbocycles. The lowest BCUT2D eigenvalue weighted by atomic mass is 10.4. The molecule has 0 spiro atoms. The van der Waals surface area contributed by atoms with E-state index in [2.05, 4.69) is 36.1 Å². The number of hydrogen-bond donors (Lipinski definition) is 1. The van der Waals surface area contributed by atoms with Crippen LogP contribution < -0.4 is 10.2 Å². The zero-order chi connectivity index (χ0) is 13.9. The second-order valence-electron chi connectivity index (χ2n) is 4.55. The first-order valence-electron chi connectivity index (χ1n) is 6.35. The van der Waals surface area contributed by atoms with Gasteiger partial charge < -0.3 is 10.2 Å². The van der Waals surface area contributed by atoms with Crippen molar-refractivity contribution in [3.05, 3.63) is 33.2 Å². The van der Waals surface area contributed by atoms with Gasteiger partial charge in [0.25, 0.3) is 5.91 Å². The summed E-state index contributed by atoms with van der Waals surface area (Å²) in [5.74, 6) is 0.595. The molecule has 7 heteroatoms. The smallest absolute Gasteiger partial charge is 0.265 e. The molecule has 1 saturated heterocycles. The molecule has 0 atom stereocenters. The number of thiophene rings is 1. The molecular formula is C13H13BrN4OS. The Morgan fingerprint density at radius 1 is 1.30 bits per heavy atom. The first kappa shape index (κ1) is 13.5.